The molecule has 2 N–H and O–H groups in total. The molecule has 1 aromatic heterocycles. The third-order valence-corrected chi connectivity index (χ3v) is 3.50. The summed E-state index contributed by atoms with van der Waals surface area (Å²) in [5, 5.41) is 5.53. The minimum Gasteiger partial charge on any atom is -0.368 e. The molecule has 110 valence electrons. The van der Waals surface area contributed by atoms with Crippen molar-refractivity contribution in [3.8, 4) is 0 Å². The van der Waals surface area contributed by atoms with Crippen LogP contribution in [-0.4, -0.2) is 17.4 Å². The Kier molecular flexibility index (Phi) is 5.49. The first-order valence-electron chi connectivity index (χ1n) is 6.57. The van der Waals surface area contributed by atoms with E-state index in [9.17, 15) is 9.18 Å². The van der Waals surface area contributed by atoms with Crippen molar-refractivity contribution < 1.29 is 9.18 Å². The van der Waals surface area contributed by atoms with Gasteiger partial charge in [-0.25, -0.2) is 9.37 Å². The molecule has 1 heterocycles. The summed E-state index contributed by atoms with van der Waals surface area (Å²) in [6, 6.07) is 8.65. The first-order valence-corrected chi connectivity index (χ1v) is 7.65. The van der Waals surface area contributed by atoms with E-state index in [1.165, 1.54) is 12.3 Å². The van der Waals surface area contributed by atoms with Crippen LogP contribution in [-0.2, 0) is 0 Å². The number of nitrogens with zero attached hydrogens (tertiary/aromatic N) is 1. The van der Waals surface area contributed by atoms with Crippen molar-refractivity contribution in [3.63, 3.8) is 0 Å². The maximum absolute atomic E-state index is 14.2. The standard InChI is InChI=1S/C15H15FIN3O/c1-2-8-18-14-13(16)12(7-9-19-14)15(21)20-11-5-3-10(17)4-6-11/h3-7,9H,2,8H2,1H3,(H,18,19)(H,20,21). The fourth-order valence-electron chi connectivity index (χ4n) is 1.72. The molecule has 0 aliphatic rings. The maximum Gasteiger partial charge on any atom is 0.258 e. The molecule has 21 heavy (non-hydrogen) atoms. The number of aromatic nitrogens is 1. The van der Waals surface area contributed by atoms with Crippen LogP contribution in [0.3, 0.4) is 0 Å². The van der Waals surface area contributed by atoms with Gasteiger partial charge in [0, 0.05) is 22.0 Å². The van der Waals surface area contributed by atoms with Crippen LogP contribution in [0.4, 0.5) is 15.9 Å². The molecule has 0 fully saturated rings. The minimum absolute atomic E-state index is 0.0258. The SMILES string of the molecule is CCCNc1nccc(C(=O)Nc2ccc(I)cc2)c1F. The number of benzene rings is 1. The largest absolute Gasteiger partial charge is 0.368 e. The number of amides is 1. The fraction of sp³-hybridized carbons (Fsp3) is 0.200. The summed E-state index contributed by atoms with van der Waals surface area (Å²) < 4.78 is 15.3. The summed E-state index contributed by atoms with van der Waals surface area (Å²) in [5.74, 6) is -1.02. The van der Waals surface area contributed by atoms with E-state index in [2.05, 4.69) is 38.2 Å². The lowest BCUT2D eigenvalue weighted by Gasteiger charge is -2.09. The van der Waals surface area contributed by atoms with Crippen molar-refractivity contribution in [2.24, 2.45) is 0 Å². The Morgan fingerprint density at radius 2 is 2.00 bits per heavy atom. The van der Waals surface area contributed by atoms with Gasteiger partial charge in [0.25, 0.3) is 5.91 Å². The molecule has 0 bridgehead atoms. The van der Waals surface area contributed by atoms with E-state index in [0.29, 0.717) is 12.2 Å². The number of pyridine rings is 1. The highest BCUT2D eigenvalue weighted by molar-refractivity contribution is 14.1. The van der Waals surface area contributed by atoms with Gasteiger partial charge in [-0.1, -0.05) is 6.92 Å². The average Bonchev–Trinajstić information content (AvgIpc) is 2.48. The molecule has 1 amide bonds. The van der Waals surface area contributed by atoms with Crippen molar-refractivity contribution in [1.29, 1.82) is 0 Å². The van der Waals surface area contributed by atoms with Crippen LogP contribution in [0.15, 0.2) is 36.5 Å². The van der Waals surface area contributed by atoms with Crippen LogP contribution >= 0.6 is 22.6 Å². The molecule has 0 saturated heterocycles. The van der Waals surface area contributed by atoms with Gasteiger partial charge in [0.2, 0.25) is 0 Å². The Morgan fingerprint density at radius 3 is 2.67 bits per heavy atom. The molecule has 0 unspecified atom stereocenters. The molecular formula is C15H15FIN3O. The van der Waals surface area contributed by atoms with Gasteiger partial charge >= 0.3 is 0 Å². The Balaban J connectivity index is 2.17. The number of rotatable bonds is 5. The number of hydrogen-bond acceptors (Lipinski definition) is 3. The van der Waals surface area contributed by atoms with Crippen LogP contribution < -0.4 is 10.6 Å². The van der Waals surface area contributed by atoms with Gasteiger partial charge in [-0.15, -0.1) is 0 Å². The molecule has 0 radical (unpaired) electrons. The van der Waals surface area contributed by atoms with Crippen molar-refractivity contribution in [2.75, 3.05) is 17.2 Å². The summed E-state index contributed by atoms with van der Waals surface area (Å²) >= 11 is 2.17. The Labute approximate surface area is 136 Å². The average molecular weight is 399 g/mol. The molecule has 2 aromatic rings. The van der Waals surface area contributed by atoms with E-state index in [-0.39, 0.29) is 11.4 Å². The molecule has 0 atom stereocenters. The second-order valence-electron chi connectivity index (χ2n) is 4.41. The number of carbonyl (C=O) groups excluding carboxylic acids is 1. The normalized spacial score (nSPS) is 10.2. The zero-order valence-electron chi connectivity index (χ0n) is 11.5. The monoisotopic (exact) mass is 399 g/mol. The van der Waals surface area contributed by atoms with E-state index in [1.807, 2.05) is 19.1 Å². The molecule has 0 spiro atoms. The minimum atomic E-state index is -0.631. The smallest absolute Gasteiger partial charge is 0.258 e. The van der Waals surface area contributed by atoms with Crippen LogP contribution in [0.5, 0.6) is 0 Å². The van der Waals surface area contributed by atoms with Crippen LogP contribution in [0.2, 0.25) is 0 Å². The lowest BCUT2D eigenvalue weighted by atomic mass is 10.2. The van der Waals surface area contributed by atoms with Crippen molar-refractivity contribution in [3.05, 3.63) is 51.5 Å². The van der Waals surface area contributed by atoms with Gasteiger partial charge in [0.05, 0.1) is 5.56 Å². The van der Waals surface area contributed by atoms with Crippen LogP contribution in [0.1, 0.15) is 23.7 Å². The molecule has 1 aromatic carbocycles. The Hall–Kier alpha value is -1.70. The quantitative estimate of drug-likeness (QED) is 0.750. The summed E-state index contributed by atoms with van der Waals surface area (Å²) in [5.41, 5.74) is 0.599. The van der Waals surface area contributed by atoms with Crippen LogP contribution in [0, 0.1) is 9.39 Å². The third kappa shape index (κ3) is 4.13. The van der Waals surface area contributed by atoms with E-state index in [4.69, 9.17) is 0 Å². The number of hydrogen-bond donors (Lipinski definition) is 2. The van der Waals surface area contributed by atoms with E-state index >= 15 is 0 Å². The second kappa shape index (κ2) is 7.35. The summed E-state index contributed by atoms with van der Waals surface area (Å²) in [6.07, 6.45) is 2.27. The fourth-order valence-corrected chi connectivity index (χ4v) is 2.08. The molecule has 0 aliphatic heterocycles. The highest BCUT2D eigenvalue weighted by atomic mass is 127. The number of carbonyl (C=O) groups is 1. The van der Waals surface area contributed by atoms with Crippen molar-refractivity contribution >= 4 is 40.0 Å². The van der Waals surface area contributed by atoms with E-state index in [0.717, 1.165) is 9.99 Å². The van der Waals surface area contributed by atoms with Crippen LogP contribution in [0.25, 0.3) is 0 Å². The molecule has 4 nitrogen and oxygen atoms in total. The van der Waals surface area contributed by atoms with E-state index in [1.54, 1.807) is 12.1 Å². The molecule has 2 rings (SSSR count). The zero-order valence-corrected chi connectivity index (χ0v) is 13.6. The molecular weight excluding hydrogens is 384 g/mol. The lowest BCUT2D eigenvalue weighted by molar-refractivity contribution is 0.102. The first kappa shape index (κ1) is 15.7. The Morgan fingerprint density at radius 1 is 1.29 bits per heavy atom. The topological polar surface area (TPSA) is 54.0 Å². The van der Waals surface area contributed by atoms with E-state index < -0.39 is 11.7 Å². The zero-order chi connectivity index (χ0) is 15.2. The highest BCUT2D eigenvalue weighted by Crippen LogP contribution is 2.17. The molecule has 0 saturated carbocycles. The highest BCUT2D eigenvalue weighted by Gasteiger charge is 2.16. The van der Waals surface area contributed by atoms with Gasteiger partial charge in [-0.3, -0.25) is 4.79 Å². The third-order valence-electron chi connectivity index (χ3n) is 2.78. The lowest BCUT2D eigenvalue weighted by Crippen LogP contribution is -2.16. The summed E-state index contributed by atoms with van der Waals surface area (Å²) in [6.45, 7) is 2.57. The number of nitrogens with one attached hydrogen (secondary N) is 2. The van der Waals surface area contributed by atoms with Gasteiger partial charge in [0.15, 0.2) is 11.6 Å². The second-order valence-corrected chi connectivity index (χ2v) is 5.65. The summed E-state index contributed by atoms with van der Waals surface area (Å²) in [7, 11) is 0. The predicted octanol–water partition coefficient (Wildman–Crippen LogP) is 3.90. The number of halogens is 2. The predicted molar refractivity (Wildman–Crippen MR) is 90.1 cm³/mol. The first-order chi connectivity index (χ1) is 10.1. The maximum atomic E-state index is 14.2. The van der Waals surface area contributed by atoms with Crippen molar-refractivity contribution in [2.45, 2.75) is 13.3 Å². The van der Waals surface area contributed by atoms with Gasteiger partial charge in [-0.2, -0.15) is 0 Å². The van der Waals surface area contributed by atoms with Gasteiger partial charge in [-0.05, 0) is 59.3 Å². The van der Waals surface area contributed by atoms with Gasteiger partial charge in [0.1, 0.15) is 0 Å². The van der Waals surface area contributed by atoms with Crippen molar-refractivity contribution in [1.82, 2.24) is 4.98 Å². The summed E-state index contributed by atoms with van der Waals surface area (Å²) in [4.78, 5) is 16.0. The molecule has 0 aliphatic carbocycles. The van der Waals surface area contributed by atoms with Gasteiger partial charge < -0.3 is 10.6 Å². The Bertz CT molecular complexity index is 631. The number of anilines is 2. The molecule has 6 heteroatoms.